The van der Waals surface area contributed by atoms with Crippen LogP contribution in [-0.2, 0) is 4.74 Å². The Bertz CT molecular complexity index is 341. The Morgan fingerprint density at radius 3 is 3.06 bits per heavy atom. The maximum atomic E-state index is 11.6. The number of nitrogen functional groups attached to an aromatic ring is 1. The van der Waals surface area contributed by atoms with Gasteiger partial charge in [0, 0.05) is 13.7 Å². The standard InChI is InChI=1S/C10H16N2O3S/c1-15-6-7(13)2-4-12-10(14)9-8(11)3-5-16-9/h3,5,7,13H,2,4,6,11H2,1H3,(H,12,14). The van der Waals surface area contributed by atoms with Crippen LogP contribution in [0.2, 0.25) is 0 Å². The number of nitrogens with one attached hydrogen (secondary N) is 1. The van der Waals surface area contributed by atoms with E-state index in [0.717, 1.165) is 0 Å². The zero-order valence-corrected chi connectivity index (χ0v) is 9.92. The van der Waals surface area contributed by atoms with E-state index in [2.05, 4.69) is 5.32 Å². The molecule has 5 nitrogen and oxygen atoms in total. The van der Waals surface area contributed by atoms with E-state index in [-0.39, 0.29) is 12.5 Å². The number of carbonyl (C=O) groups excluding carboxylic acids is 1. The van der Waals surface area contributed by atoms with E-state index in [1.807, 2.05) is 0 Å². The maximum absolute atomic E-state index is 11.6. The molecule has 0 fully saturated rings. The molecule has 1 aromatic heterocycles. The molecule has 1 heterocycles. The van der Waals surface area contributed by atoms with Crippen molar-refractivity contribution in [1.82, 2.24) is 5.32 Å². The molecule has 0 bridgehead atoms. The summed E-state index contributed by atoms with van der Waals surface area (Å²) in [6.07, 6.45) is -0.0869. The second kappa shape index (κ2) is 6.47. The van der Waals surface area contributed by atoms with E-state index in [4.69, 9.17) is 10.5 Å². The zero-order valence-electron chi connectivity index (χ0n) is 9.10. The molecule has 90 valence electrons. The third-order valence-electron chi connectivity index (χ3n) is 2.02. The molecule has 1 aromatic rings. The number of amides is 1. The smallest absolute Gasteiger partial charge is 0.263 e. The summed E-state index contributed by atoms with van der Waals surface area (Å²) in [5.41, 5.74) is 6.09. The number of nitrogens with two attached hydrogens (primary N) is 1. The molecular formula is C10H16N2O3S. The Morgan fingerprint density at radius 2 is 2.50 bits per heavy atom. The molecule has 0 spiro atoms. The first-order valence-corrected chi connectivity index (χ1v) is 5.81. The van der Waals surface area contributed by atoms with E-state index < -0.39 is 6.10 Å². The molecule has 0 aliphatic rings. The lowest BCUT2D eigenvalue weighted by atomic mass is 10.2. The van der Waals surface area contributed by atoms with Crippen molar-refractivity contribution in [3.05, 3.63) is 16.3 Å². The SMILES string of the molecule is COCC(O)CCNC(=O)c1sccc1N. The normalized spacial score (nSPS) is 12.4. The fourth-order valence-electron chi connectivity index (χ4n) is 1.21. The van der Waals surface area contributed by atoms with Crippen LogP contribution in [0.3, 0.4) is 0 Å². The highest BCUT2D eigenvalue weighted by Gasteiger charge is 2.11. The van der Waals surface area contributed by atoms with E-state index >= 15 is 0 Å². The Kier molecular flexibility index (Phi) is 5.24. The van der Waals surface area contributed by atoms with Gasteiger partial charge in [-0.2, -0.15) is 0 Å². The number of ether oxygens (including phenoxy) is 1. The molecule has 0 saturated carbocycles. The van der Waals surface area contributed by atoms with Gasteiger partial charge in [0.1, 0.15) is 4.88 Å². The number of hydrogen-bond acceptors (Lipinski definition) is 5. The molecule has 1 atom stereocenters. The van der Waals surface area contributed by atoms with Crippen molar-refractivity contribution in [3.8, 4) is 0 Å². The summed E-state index contributed by atoms with van der Waals surface area (Å²) < 4.78 is 4.77. The van der Waals surface area contributed by atoms with Gasteiger partial charge in [0.25, 0.3) is 5.91 Å². The van der Waals surface area contributed by atoms with E-state index in [1.165, 1.54) is 18.4 Å². The summed E-state index contributed by atoms with van der Waals surface area (Å²) in [7, 11) is 1.52. The second-order valence-electron chi connectivity index (χ2n) is 3.36. The fourth-order valence-corrected chi connectivity index (χ4v) is 1.95. The van der Waals surface area contributed by atoms with Crippen molar-refractivity contribution in [2.24, 2.45) is 0 Å². The number of anilines is 1. The molecule has 4 N–H and O–H groups in total. The van der Waals surface area contributed by atoms with Crippen LogP contribution in [0.15, 0.2) is 11.4 Å². The van der Waals surface area contributed by atoms with Gasteiger partial charge in [-0.1, -0.05) is 0 Å². The molecule has 1 unspecified atom stereocenters. The van der Waals surface area contributed by atoms with Gasteiger partial charge in [0.05, 0.1) is 18.4 Å². The lowest BCUT2D eigenvalue weighted by Crippen LogP contribution is -2.28. The predicted octanol–water partition coefficient (Wildman–Crippen LogP) is 0.457. The van der Waals surface area contributed by atoms with E-state index in [9.17, 15) is 9.90 Å². The number of hydrogen-bond donors (Lipinski definition) is 3. The summed E-state index contributed by atoms with van der Waals surface area (Å²) in [5.74, 6) is -0.197. The van der Waals surface area contributed by atoms with Gasteiger partial charge in [-0.25, -0.2) is 0 Å². The lowest BCUT2D eigenvalue weighted by Gasteiger charge is -2.09. The van der Waals surface area contributed by atoms with Crippen molar-refractivity contribution in [2.45, 2.75) is 12.5 Å². The monoisotopic (exact) mass is 244 g/mol. The first-order valence-electron chi connectivity index (χ1n) is 4.93. The Hall–Kier alpha value is -1.11. The number of aliphatic hydroxyl groups excluding tert-OH is 1. The molecule has 6 heteroatoms. The molecule has 0 radical (unpaired) electrons. The molecule has 16 heavy (non-hydrogen) atoms. The van der Waals surface area contributed by atoms with E-state index in [0.29, 0.717) is 23.5 Å². The quantitative estimate of drug-likeness (QED) is 0.678. The number of methoxy groups -OCH3 is 1. The van der Waals surface area contributed by atoms with Crippen LogP contribution in [0, 0.1) is 0 Å². The Labute approximate surface area is 98.2 Å². The van der Waals surface area contributed by atoms with E-state index in [1.54, 1.807) is 11.4 Å². The van der Waals surface area contributed by atoms with Crippen LogP contribution in [0.5, 0.6) is 0 Å². The average Bonchev–Trinajstić information content (AvgIpc) is 2.64. The van der Waals surface area contributed by atoms with Crippen LogP contribution >= 0.6 is 11.3 Å². The molecule has 0 aliphatic heterocycles. The summed E-state index contributed by atoms with van der Waals surface area (Å²) in [5, 5.41) is 13.8. The van der Waals surface area contributed by atoms with Gasteiger partial charge < -0.3 is 20.9 Å². The Balaban J connectivity index is 2.29. The highest BCUT2D eigenvalue weighted by Crippen LogP contribution is 2.18. The largest absolute Gasteiger partial charge is 0.397 e. The summed E-state index contributed by atoms with van der Waals surface area (Å²) in [4.78, 5) is 12.1. The van der Waals surface area contributed by atoms with Crippen LogP contribution in [-0.4, -0.2) is 37.4 Å². The minimum absolute atomic E-state index is 0.197. The molecule has 1 rings (SSSR count). The number of carbonyl (C=O) groups is 1. The molecular weight excluding hydrogens is 228 g/mol. The zero-order chi connectivity index (χ0) is 12.0. The van der Waals surface area contributed by atoms with Crippen LogP contribution in [0.4, 0.5) is 5.69 Å². The Morgan fingerprint density at radius 1 is 1.75 bits per heavy atom. The molecule has 1 amide bonds. The predicted molar refractivity (Wildman–Crippen MR) is 63.6 cm³/mol. The number of thiophene rings is 1. The van der Waals surface area contributed by atoms with Crippen molar-refractivity contribution >= 4 is 22.9 Å². The van der Waals surface area contributed by atoms with Crippen molar-refractivity contribution in [2.75, 3.05) is 26.0 Å². The molecule has 0 saturated heterocycles. The van der Waals surface area contributed by atoms with Gasteiger partial charge in [-0.3, -0.25) is 4.79 Å². The number of rotatable bonds is 6. The van der Waals surface area contributed by atoms with Crippen LogP contribution < -0.4 is 11.1 Å². The van der Waals surface area contributed by atoms with Gasteiger partial charge in [0.15, 0.2) is 0 Å². The van der Waals surface area contributed by atoms with Crippen molar-refractivity contribution in [1.29, 1.82) is 0 Å². The number of aliphatic hydroxyl groups is 1. The first kappa shape index (κ1) is 13.0. The highest BCUT2D eigenvalue weighted by molar-refractivity contribution is 7.12. The van der Waals surface area contributed by atoms with Gasteiger partial charge in [-0.15, -0.1) is 11.3 Å². The second-order valence-corrected chi connectivity index (χ2v) is 4.27. The fraction of sp³-hybridized carbons (Fsp3) is 0.500. The maximum Gasteiger partial charge on any atom is 0.263 e. The molecule has 0 aromatic carbocycles. The van der Waals surface area contributed by atoms with Gasteiger partial charge in [-0.05, 0) is 17.9 Å². The van der Waals surface area contributed by atoms with Gasteiger partial charge >= 0.3 is 0 Å². The summed E-state index contributed by atoms with van der Waals surface area (Å²) in [6.45, 7) is 0.678. The van der Waals surface area contributed by atoms with Gasteiger partial charge in [0.2, 0.25) is 0 Å². The van der Waals surface area contributed by atoms with Crippen LogP contribution in [0.25, 0.3) is 0 Å². The summed E-state index contributed by atoms with van der Waals surface area (Å²) >= 11 is 1.30. The lowest BCUT2D eigenvalue weighted by molar-refractivity contribution is 0.0588. The molecule has 0 aliphatic carbocycles. The minimum Gasteiger partial charge on any atom is -0.397 e. The van der Waals surface area contributed by atoms with Crippen LogP contribution in [0.1, 0.15) is 16.1 Å². The van der Waals surface area contributed by atoms with Crippen molar-refractivity contribution < 1.29 is 14.6 Å². The minimum atomic E-state index is -0.550. The average molecular weight is 244 g/mol. The first-order chi connectivity index (χ1) is 7.65. The third kappa shape index (κ3) is 3.80. The highest BCUT2D eigenvalue weighted by atomic mass is 32.1. The topological polar surface area (TPSA) is 84.6 Å². The van der Waals surface area contributed by atoms with Crippen molar-refractivity contribution in [3.63, 3.8) is 0 Å². The summed E-state index contributed by atoms with van der Waals surface area (Å²) in [6, 6.07) is 1.69. The third-order valence-corrected chi connectivity index (χ3v) is 2.95.